The van der Waals surface area contributed by atoms with Gasteiger partial charge in [0.1, 0.15) is 42.3 Å². The number of nitrogens with zero attached hydrogens (tertiary/aromatic N) is 16. The minimum Gasteiger partial charge on any atom is -0.285 e. The van der Waals surface area contributed by atoms with E-state index >= 15 is 0 Å². The number of aryl methyl sites for hydroxylation is 16. The SMILES string of the molecule is Cc1cc(C)nc(C)c1.Cc1cc(C)ncn1.Cc1cc[n+](O)cc1.Cc1ccnc(C)n1.Cc1ccnc(C)n1.Cc1ccncn1.Cc1cnc(C)nc1.Cc1cncnc1C.Cc1ncccn1. The van der Waals surface area contributed by atoms with Gasteiger partial charge < -0.3 is 0 Å². The van der Waals surface area contributed by atoms with Crippen molar-refractivity contribution in [3.63, 3.8) is 0 Å². The van der Waals surface area contributed by atoms with E-state index in [1.807, 2.05) is 159 Å². The van der Waals surface area contributed by atoms with Gasteiger partial charge in [0, 0.05) is 112 Å². The van der Waals surface area contributed by atoms with E-state index in [1.165, 1.54) is 11.9 Å². The third-order valence-corrected chi connectivity index (χ3v) is 8.47. The van der Waals surface area contributed by atoms with Gasteiger partial charge in [0.05, 0.1) is 0 Å². The average molecular weight is 960 g/mol. The molecule has 0 bridgehead atoms. The quantitative estimate of drug-likeness (QED) is 0.110. The summed E-state index contributed by atoms with van der Waals surface area (Å²) in [6.45, 7) is 31.3. The molecule has 0 saturated heterocycles. The van der Waals surface area contributed by atoms with E-state index in [1.54, 1.807) is 62.1 Å². The Balaban J connectivity index is 0.000000400. The van der Waals surface area contributed by atoms with Gasteiger partial charge in [-0.3, -0.25) is 10.2 Å². The van der Waals surface area contributed by atoms with Gasteiger partial charge in [-0.1, -0.05) is 0 Å². The third kappa shape index (κ3) is 33.7. The Labute approximate surface area is 420 Å². The van der Waals surface area contributed by atoms with Crippen LogP contribution in [0.1, 0.15) is 91.1 Å². The average Bonchev–Trinajstić information content (AvgIpc) is 3.31. The molecule has 0 amide bonds. The first-order chi connectivity index (χ1) is 33.7. The fourth-order valence-corrected chi connectivity index (χ4v) is 4.92. The molecule has 0 aliphatic heterocycles. The summed E-state index contributed by atoms with van der Waals surface area (Å²) in [6.07, 6.45) is 22.0. The number of aromatic nitrogens is 16. The Morgan fingerprint density at radius 2 is 0.803 bits per heavy atom. The maximum atomic E-state index is 8.67. The predicted octanol–water partition coefficient (Wildman–Crippen LogP) is 9.56. The third-order valence-electron chi connectivity index (χ3n) is 8.47. The minimum atomic E-state index is 0.822. The maximum Gasteiger partial charge on any atom is 0.222 e. The number of hydrogen-bond acceptors (Lipinski definition) is 16. The van der Waals surface area contributed by atoms with E-state index in [0.717, 1.165) is 90.3 Å². The van der Waals surface area contributed by atoms with Crippen molar-refractivity contribution in [3.8, 4) is 0 Å². The largest absolute Gasteiger partial charge is 0.285 e. The van der Waals surface area contributed by atoms with E-state index < -0.39 is 0 Å². The summed E-state index contributed by atoms with van der Waals surface area (Å²) in [4.78, 5) is 59.2. The van der Waals surface area contributed by atoms with Crippen LogP contribution in [0.4, 0.5) is 0 Å². The van der Waals surface area contributed by atoms with Crippen molar-refractivity contribution in [1.82, 2.24) is 74.8 Å². The second-order valence-electron chi connectivity index (χ2n) is 15.7. The van der Waals surface area contributed by atoms with Crippen LogP contribution in [0.15, 0.2) is 136 Å². The lowest BCUT2D eigenvalue weighted by atomic mass is 10.2. The highest BCUT2D eigenvalue weighted by Crippen LogP contribution is 2.02. The topological polar surface area (TPSA) is 217 Å². The van der Waals surface area contributed by atoms with Gasteiger partial charge in [0.25, 0.3) is 0 Å². The lowest BCUT2D eigenvalue weighted by molar-refractivity contribution is -0.904. The Kier molecular flexibility index (Phi) is 30.6. The first-order valence-corrected chi connectivity index (χ1v) is 22.5. The fraction of sp³-hybridized carbons (Fsp3) is 0.296. The molecule has 0 aromatic carbocycles. The molecule has 71 heavy (non-hydrogen) atoms. The second kappa shape index (κ2) is 35.8. The monoisotopic (exact) mass is 960 g/mol. The molecule has 0 atom stereocenters. The van der Waals surface area contributed by atoms with Crippen molar-refractivity contribution >= 4 is 0 Å². The zero-order valence-corrected chi connectivity index (χ0v) is 44.3. The van der Waals surface area contributed by atoms with Crippen LogP contribution in [0.5, 0.6) is 0 Å². The highest BCUT2D eigenvalue weighted by atomic mass is 16.5. The molecule has 9 aromatic heterocycles. The first kappa shape index (κ1) is 60.7. The molecule has 9 aromatic rings. The summed E-state index contributed by atoms with van der Waals surface area (Å²) >= 11 is 0. The second-order valence-corrected chi connectivity index (χ2v) is 15.7. The molecule has 372 valence electrons. The normalized spacial score (nSPS) is 9.18. The summed E-state index contributed by atoms with van der Waals surface area (Å²) in [5.41, 5.74) is 13.1. The van der Waals surface area contributed by atoms with Gasteiger partial charge in [-0.2, -0.15) is 0 Å². The molecule has 0 radical (unpaired) electrons. The molecular formula is C54H71N16O+. The van der Waals surface area contributed by atoms with Crippen LogP contribution in [-0.4, -0.2) is 80.0 Å². The number of hydrogen-bond donors (Lipinski definition) is 1. The van der Waals surface area contributed by atoms with E-state index in [9.17, 15) is 0 Å². The summed E-state index contributed by atoms with van der Waals surface area (Å²) in [7, 11) is 0. The first-order valence-electron chi connectivity index (χ1n) is 22.5. The van der Waals surface area contributed by atoms with Crippen molar-refractivity contribution in [2.24, 2.45) is 0 Å². The van der Waals surface area contributed by atoms with Crippen LogP contribution in [0.3, 0.4) is 0 Å². The molecular weight excluding hydrogens is 889 g/mol. The van der Waals surface area contributed by atoms with E-state index in [0.29, 0.717) is 0 Å². The van der Waals surface area contributed by atoms with Gasteiger partial charge in [-0.05, 0) is 175 Å². The van der Waals surface area contributed by atoms with Gasteiger partial charge in [-0.25, -0.2) is 69.8 Å². The number of pyridine rings is 2. The van der Waals surface area contributed by atoms with Crippen LogP contribution in [-0.2, 0) is 0 Å². The lowest BCUT2D eigenvalue weighted by Gasteiger charge is -1.96. The minimum absolute atomic E-state index is 0.822. The van der Waals surface area contributed by atoms with Crippen molar-refractivity contribution in [2.45, 2.75) is 111 Å². The standard InChI is InChI=1S/C8H11N.5C6H8N2.C6H8NO.2C5H6N2/c1-6-4-7(2)9-8(3)5-6;1-5-3-7-4-8-6(5)2;1-5-3-6(2)8-4-7-5;1-5-3-7-6(2)8-4-5;2*1-5-3-4-7-6(2)8-5;1-6-2-4-7(8)5-3-6;1-5-2-3-6-4-7-5;1-5-6-3-2-4-7-5/h4-5H,1-3H3;5*3-4H,1-2H3;2-5,8H,1H3;2*2-4H,1H3/q;;;;;;+1;;. The Hall–Kier alpha value is -8.34. The summed E-state index contributed by atoms with van der Waals surface area (Å²) in [5.74, 6) is 3.33. The molecule has 9 rings (SSSR count). The van der Waals surface area contributed by atoms with Crippen molar-refractivity contribution in [2.75, 3.05) is 0 Å². The molecule has 0 fully saturated rings. The van der Waals surface area contributed by atoms with Crippen LogP contribution in [0.25, 0.3) is 0 Å². The molecule has 17 nitrogen and oxygen atoms in total. The Bertz CT molecular complexity index is 2430. The van der Waals surface area contributed by atoms with Gasteiger partial charge in [-0.15, -0.1) is 0 Å². The van der Waals surface area contributed by atoms with E-state index in [4.69, 9.17) is 5.21 Å². The maximum absolute atomic E-state index is 8.67. The van der Waals surface area contributed by atoms with Crippen LogP contribution in [0.2, 0.25) is 0 Å². The van der Waals surface area contributed by atoms with E-state index in [2.05, 4.69) is 93.8 Å². The molecule has 0 spiro atoms. The van der Waals surface area contributed by atoms with Gasteiger partial charge in [0.2, 0.25) is 12.4 Å². The zero-order chi connectivity index (χ0) is 53.0. The zero-order valence-electron chi connectivity index (χ0n) is 44.3. The molecule has 9 heterocycles. The molecule has 0 aliphatic rings. The highest BCUT2D eigenvalue weighted by Gasteiger charge is 1.91. The smallest absolute Gasteiger partial charge is 0.222 e. The van der Waals surface area contributed by atoms with Crippen LogP contribution in [0, 0.1) is 111 Å². The number of rotatable bonds is 0. The van der Waals surface area contributed by atoms with Crippen molar-refractivity contribution in [3.05, 3.63) is 227 Å². The van der Waals surface area contributed by atoms with Crippen LogP contribution >= 0.6 is 0 Å². The Morgan fingerprint density at radius 3 is 1.10 bits per heavy atom. The molecule has 0 saturated carbocycles. The molecule has 1 N–H and O–H groups in total. The summed E-state index contributed by atoms with van der Waals surface area (Å²) < 4.78 is 1.02. The van der Waals surface area contributed by atoms with Gasteiger partial charge in [0.15, 0.2) is 0 Å². The Morgan fingerprint density at radius 1 is 0.338 bits per heavy atom. The van der Waals surface area contributed by atoms with Crippen molar-refractivity contribution < 1.29 is 9.94 Å². The molecule has 0 unspecified atom stereocenters. The summed E-state index contributed by atoms with van der Waals surface area (Å²) in [6, 6.07) is 17.2. The fourth-order valence-electron chi connectivity index (χ4n) is 4.92. The predicted molar refractivity (Wildman–Crippen MR) is 278 cm³/mol. The van der Waals surface area contributed by atoms with E-state index in [-0.39, 0.29) is 0 Å². The van der Waals surface area contributed by atoms with Crippen molar-refractivity contribution in [1.29, 1.82) is 0 Å². The molecule has 0 aliphatic carbocycles. The highest BCUT2D eigenvalue weighted by molar-refractivity contribution is 5.18. The summed E-state index contributed by atoms with van der Waals surface area (Å²) in [5, 5.41) is 8.67. The van der Waals surface area contributed by atoms with Crippen LogP contribution < -0.4 is 4.73 Å². The lowest BCUT2D eigenvalue weighted by Crippen LogP contribution is -2.27. The molecule has 17 heteroatoms. The van der Waals surface area contributed by atoms with Gasteiger partial charge >= 0.3 is 0 Å².